The van der Waals surface area contributed by atoms with Crippen molar-refractivity contribution < 1.29 is 14.1 Å². The highest BCUT2D eigenvalue weighted by Crippen LogP contribution is 2.35. The van der Waals surface area contributed by atoms with Gasteiger partial charge >= 0.3 is 5.97 Å². The SMILES string of the molecule is O=C(O)c1ccc(S(=O)CC2Cc3ccccc32)cc1. The average molecular weight is 286 g/mol. The highest BCUT2D eigenvalue weighted by Gasteiger charge is 2.27. The molecule has 0 spiro atoms. The Bertz CT molecular complexity index is 676. The molecular formula is C16H14O3S. The van der Waals surface area contributed by atoms with Crippen molar-refractivity contribution in [3.05, 3.63) is 65.2 Å². The zero-order valence-electron chi connectivity index (χ0n) is 10.8. The predicted octanol–water partition coefficient (Wildman–Crippen LogP) is 2.83. The maximum Gasteiger partial charge on any atom is 0.335 e. The number of carbonyl (C=O) groups is 1. The van der Waals surface area contributed by atoms with Crippen molar-refractivity contribution >= 4 is 16.8 Å². The molecule has 2 unspecified atom stereocenters. The van der Waals surface area contributed by atoms with Crippen LogP contribution in [0.25, 0.3) is 0 Å². The van der Waals surface area contributed by atoms with Crippen LogP contribution >= 0.6 is 0 Å². The fourth-order valence-electron chi connectivity index (χ4n) is 2.54. The Morgan fingerprint density at radius 3 is 2.50 bits per heavy atom. The van der Waals surface area contributed by atoms with Crippen LogP contribution in [0.3, 0.4) is 0 Å². The minimum Gasteiger partial charge on any atom is -0.478 e. The number of hydrogen-bond acceptors (Lipinski definition) is 2. The molecule has 0 aromatic heterocycles. The summed E-state index contributed by atoms with van der Waals surface area (Å²) in [5.74, 6) is -0.00915. The molecule has 0 heterocycles. The monoisotopic (exact) mass is 286 g/mol. The molecule has 1 N–H and O–H groups in total. The molecule has 2 atom stereocenters. The van der Waals surface area contributed by atoms with Crippen molar-refractivity contribution in [3.63, 3.8) is 0 Å². The highest BCUT2D eigenvalue weighted by molar-refractivity contribution is 7.85. The number of aromatic carboxylic acids is 1. The van der Waals surface area contributed by atoms with Crippen molar-refractivity contribution in [2.24, 2.45) is 0 Å². The molecule has 102 valence electrons. The summed E-state index contributed by atoms with van der Waals surface area (Å²) in [4.78, 5) is 11.5. The summed E-state index contributed by atoms with van der Waals surface area (Å²) >= 11 is 0. The number of carboxylic acid groups (broad SMARTS) is 1. The van der Waals surface area contributed by atoms with Gasteiger partial charge in [-0.1, -0.05) is 24.3 Å². The third kappa shape index (κ3) is 2.39. The zero-order valence-corrected chi connectivity index (χ0v) is 11.6. The van der Waals surface area contributed by atoms with E-state index >= 15 is 0 Å². The van der Waals surface area contributed by atoms with Crippen LogP contribution in [0.4, 0.5) is 0 Å². The van der Waals surface area contributed by atoms with E-state index in [1.54, 1.807) is 12.1 Å². The molecule has 0 fully saturated rings. The lowest BCUT2D eigenvalue weighted by molar-refractivity contribution is 0.0697. The summed E-state index contributed by atoms with van der Waals surface area (Å²) in [5, 5.41) is 8.84. The Labute approximate surface area is 119 Å². The molecule has 4 heteroatoms. The van der Waals surface area contributed by atoms with Crippen LogP contribution in [-0.4, -0.2) is 21.0 Å². The fraction of sp³-hybridized carbons (Fsp3) is 0.188. The molecule has 0 amide bonds. The van der Waals surface area contributed by atoms with Crippen molar-refractivity contribution in [3.8, 4) is 0 Å². The lowest BCUT2D eigenvalue weighted by atomic mass is 9.79. The quantitative estimate of drug-likeness (QED) is 0.940. The van der Waals surface area contributed by atoms with Gasteiger partial charge in [0.05, 0.1) is 16.4 Å². The van der Waals surface area contributed by atoms with Crippen LogP contribution in [-0.2, 0) is 17.2 Å². The van der Waals surface area contributed by atoms with E-state index in [4.69, 9.17) is 5.11 Å². The first-order valence-corrected chi connectivity index (χ1v) is 7.76. The minimum absolute atomic E-state index is 0.222. The zero-order chi connectivity index (χ0) is 14.1. The van der Waals surface area contributed by atoms with Gasteiger partial charge in [0.2, 0.25) is 0 Å². The Morgan fingerprint density at radius 2 is 1.85 bits per heavy atom. The maximum absolute atomic E-state index is 12.3. The Hall–Kier alpha value is -1.94. The van der Waals surface area contributed by atoms with Crippen molar-refractivity contribution in [1.82, 2.24) is 0 Å². The van der Waals surface area contributed by atoms with Gasteiger partial charge in [-0.25, -0.2) is 4.79 Å². The smallest absolute Gasteiger partial charge is 0.335 e. The Kier molecular flexibility index (Phi) is 3.40. The maximum atomic E-state index is 12.3. The third-order valence-electron chi connectivity index (χ3n) is 3.68. The molecule has 0 aliphatic heterocycles. The summed E-state index contributed by atoms with van der Waals surface area (Å²) < 4.78 is 12.3. The van der Waals surface area contributed by atoms with Crippen LogP contribution in [0, 0.1) is 0 Å². The van der Waals surface area contributed by atoms with Crippen molar-refractivity contribution in [2.45, 2.75) is 17.2 Å². The van der Waals surface area contributed by atoms with E-state index in [0.29, 0.717) is 16.6 Å². The van der Waals surface area contributed by atoms with Gasteiger partial charge in [0.1, 0.15) is 0 Å². The van der Waals surface area contributed by atoms with Gasteiger partial charge in [-0.3, -0.25) is 4.21 Å². The van der Waals surface area contributed by atoms with E-state index in [0.717, 1.165) is 6.42 Å². The molecule has 1 aliphatic rings. The van der Waals surface area contributed by atoms with E-state index in [9.17, 15) is 9.00 Å². The van der Waals surface area contributed by atoms with Crippen molar-refractivity contribution in [1.29, 1.82) is 0 Å². The van der Waals surface area contributed by atoms with Gasteiger partial charge in [-0.15, -0.1) is 0 Å². The molecule has 0 bridgehead atoms. The summed E-state index contributed by atoms with van der Waals surface area (Å²) in [6.07, 6.45) is 0.981. The second kappa shape index (κ2) is 5.21. The fourth-order valence-corrected chi connectivity index (χ4v) is 3.83. The molecule has 0 saturated heterocycles. The molecule has 2 aromatic carbocycles. The van der Waals surface area contributed by atoms with Crippen molar-refractivity contribution in [2.75, 3.05) is 5.75 Å². The van der Waals surface area contributed by atoms with E-state index in [2.05, 4.69) is 12.1 Å². The van der Waals surface area contributed by atoms with Gasteiger partial charge in [-0.05, 0) is 41.8 Å². The van der Waals surface area contributed by atoms with Gasteiger partial charge in [0, 0.05) is 16.6 Å². The molecular weight excluding hydrogens is 272 g/mol. The van der Waals surface area contributed by atoms with Crippen LogP contribution in [0.5, 0.6) is 0 Å². The number of rotatable bonds is 4. The lowest BCUT2D eigenvalue weighted by Crippen LogP contribution is -2.22. The number of benzene rings is 2. The summed E-state index contributed by atoms with van der Waals surface area (Å²) in [5.41, 5.74) is 2.86. The summed E-state index contributed by atoms with van der Waals surface area (Å²) in [7, 11) is -1.08. The number of hydrogen-bond donors (Lipinski definition) is 1. The first kappa shape index (κ1) is 13.1. The molecule has 3 nitrogen and oxygen atoms in total. The largest absolute Gasteiger partial charge is 0.478 e. The molecule has 0 saturated carbocycles. The van der Waals surface area contributed by atoms with E-state index < -0.39 is 16.8 Å². The standard InChI is InChI=1S/C16H14O3S/c17-16(18)11-5-7-14(8-6-11)20(19)10-13-9-12-3-1-2-4-15(12)13/h1-8,13H,9-10H2,(H,17,18). The second-order valence-electron chi connectivity index (χ2n) is 4.94. The van der Waals surface area contributed by atoms with Gasteiger partial charge < -0.3 is 5.11 Å². The number of fused-ring (bicyclic) bond motifs is 1. The third-order valence-corrected chi connectivity index (χ3v) is 5.18. The minimum atomic E-state index is -1.08. The van der Waals surface area contributed by atoms with Crippen LogP contribution in [0.1, 0.15) is 27.4 Å². The topological polar surface area (TPSA) is 54.4 Å². The molecule has 2 aromatic rings. The van der Waals surface area contributed by atoms with Crippen LogP contribution in [0.2, 0.25) is 0 Å². The molecule has 0 radical (unpaired) electrons. The summed E-state index contributed by atoms with van der Waals surface area (Å²) in [6, 6.07) is 14.5. The molecule has 20 heavy (non-hydrogen) atoms. The van der Waals surface area contributed by atoms with Crippen LogP contribution < -0.4 is 0 Å². The van der Waals surface area contributed by atoms with Gasteiger partial charge in [0.25, 0.3) is 0 Å². The highest BCUT2D eigenvalue weighted by atomic mass is 32.2. The van der Waals surface area contributed by atoms with E-state index in [1.807, 2.05) is 12.1 Å². The lowest BCUT2D eigenvalue weighted by Gasteiger charge is -2.29. The van der Waals surface area contributed by atoms with Crippen LogP contribution in [0.15, 0.2) is 53.4 Å². The van der Waals surface area contributed by atoms with Gasteiger partial charge in [-0.2, -0.15) is 0 Å². The van der Waals surface area contributed by atoms with Gasteiger partial charge in [0.15, 0.2) is 0 Å². The first-order valence-electron chi connectivity index (χ1n) is 6.44. The van der Waals surface area contributed by atoms with E-state index in [-0.39, 0.29) is 5.56 Å². The molecule has 3 rings (SSSR count). The summed E-state index contributed by atoms with van der Waals surface area (Å²) in [6.45, 7) is 0. The predicted molar refractivity (Wildman–Crippen MR) is 77.6 cm³/mol. The van der Waals surface area contributed by atoms with E-state index in [1.165, 1.54) is 23.3 Å². The normalized spacial score (nSPS) is 17.9. The Balaban J connectivity index is 1.70. The molecule has 1 aliphatic carbocycles. The number of carboxylic acids is 1. The Morgan fingerprint density at radius 1 is 1.15 bits per heavy atom. The first-order chi connectivity index (χ1) is 9.65. The average Bonchev–Trinajstić information content (AvgIpc) is 2.44. The second-order valence-corrected chi connectivity index (χ2v) is 6.44.